The first-order chi connectivity index (χ1) is 7.82. The molecular formula is C14H20BrNO. The quantitative estimate of drug-likeness (QED) is 0.906. The number of hydrogen-bond acceptors (Lipinski definition) is 2. The van der Waals surface area contributed by atoms with E-state index in [4.69, 9.17) is 10.5 Å². The molecule has 1 saturated carbocycles. The molecule has 1 aromatic rings. The molecule has 94 valence electrons. The normalized spacial score (nSPS) is 26.5. The van der Waals surface area contributed by atoms with Gasteiger partial charge >= 0.3 is 0 Å². The van der Waals surface area contributed by atoms with Crippen LogP contribution in [0.2, 0.25) is 0 Å². The van der Waals surface area contributed by atoms with Gasteiger partial charge in [-0.05, 0) is 37.1 Å². The van der Waals surface area contributed by atoms with Crippen LogP contribution in [0.3, 0.4) is 0 Å². The Hall–Kier alpha value is -0.540. The van der Waals surface area contributed by atoms with Gasteiger partial charge in [0.1, 0.15) is 11.9 Å². The summed E-state index contributed by atoms with van der Waals surface area (Å²) in [6, 6.07) is 4.42. The fraction of sp³-hybridized carbons (Fsp3) is 0.571. The summed E-state index contributed by atoms with van der Waals surface area (Å²) in [5.41, 5.74) is 8.49. The van der Waals surface area contributed by atoms with E-state index in [1.54, 1.807) is 0 Å². The maximum atomic E-state index is 6.05. The highest BCUT2D eigenvalue weighted by Crippen LogP contribution is 2.42. The van der Waals surface area contributed by atoms with Gasteiger partial charge in [-0.25, -0.2) is 0 Å². The Morgan fingerprint density at radius 3 is 2.24 bits per heavy atom. The summed E-state index contributed by atoms with van der Waals surface area (Å²) < 4.78 is 7.21. The highest BCUT2D eigenvalue weighted by atomic mass is 79.9. The van der Waals surface area contributed by atoms with Crippen LogP contribution < -0.4 is 10.5 Å². The molecule has 1 aromatic carbocycles. The second kappa shape index (κ2) is 4.29. The Morgan fingerprint density at radius 2 is 1.82 bits per heavy atom. The number of halogens is 1. The summed E-state index contributed by atoms with van der Waals surface area (Å²) in [6.07, 6.45) is 1.18. The maximum absolute atomic E-state index is 6.05. The molecule has 2 unspecified atom stereocenters. The van der Waals surface area contributed by atoms with Gasteiger partial charge in [0.25, 0.3) is 0 Å². The van der Waals surface area contributed by atoms with Crippen LogP contribution in [0.15, 0.2) is 16.6 Å². The molecule has 2 nitrogen and oxygen atoms in total. The largest absolute Gasteiger partial charge is 0.490 e. The maximum Gasteiger partial charge on any atom is 0.120 e. The lowest BCUT2D eigenvalue weighted by molar-refractivity contribution is -0.0400. The van der Waals surface area contributed by atoms with Crippen molar-refractivity contribution >= 4 is 15.9 Å². The lowest BCUT2D eigenvalue weighted by Crippen LogP contribution is -2.60. The standard InChI is InChI=1S/C14H20BrNO/c1-8-5-10(6-9(2)13(8)15)17-12-7-11(16)14(12,3)4/h5-6,11-12H,7,16H2,1-4H3. The van der Waals surface area contributed by atoms with Crippen molar-refractivity contribution in [2.24, 2.45) is 11.1 Å². The molecule has 0 aromatic heterocycles. The molecule has 0 radical (unpaired) electrons. The van der Waals surface area contributed by atoms with E-state index in [0.29, 0.717) is 0 Å². The van der Waals surface area contributed by atoms with Crippen molar-refractivity contribution in [2.45, 2.75) is 46.3 Å². The summed E-state index contributed by atoms with van der Waals surface area (Å²) in [5, 5.41) is 0. The van der Waals surface area contributed by atoms with Gasteiger partial charge in [-0.2, -0.15) is 0 Å². The van der Waals surface area contributed by atoms with Crippen LogP contribution >= 0.6 is 15.9 Å². The first-order valence-corrected chi connectivity index (χ1v) is 6.80. The fourth-order valence-corrected chi connectivity index (χ4v) is 2.48. The van der Waals surface area contributed by atoms with Crippen LogP contribution in [0, 0.1) is 19.3 Å². The Balaban J connectivity index is 2.16. The third-order valence-corrected chi connectivity index (χ3v) is 5.19. The lowest BCUT2D eigenvalue weighted by Gasteiger charge is -2.49. The van der Waals surface area contributed by atoms with Gasteiger partial charge < -0.3 is 10.5 Å². The van der Waals surface area contributed by atoms with Gasteiger partial charge in [-0.15, -0.1) is 0 Å². The zero-order valence-electron chi connectivity index (χ0n) is 10.9. The number of aryl methyl sites for hydroxylation is 2. The molecule has 0 bridgehead atoms. The van der Waals surface area contributed by atoms with Crippen molar-refractivity contribution in [1.82, 2.24) is 0 Å². The number of ether oxygens (including phenoxy) is 1. The summed E-state index contributed by atoms with van der Waals surface area (Å²) in [4.78, 5) is 0. The summed E-state index contributed by atoms with van der Waals surface area (Å²) in [7, 11) is 0. The van der Waals surface area contributed by atoms with Gasteiger partial charge in [-0.3, -0.25) is 0 Å². The second-order valence-corrected chi connectivity index (χ2v) is 6.43. The van der Waals surface area contributed by atoms with E-state index in [0.717, 1.165) is 16.6 Å². The van der Waals surface area contributed by atoms with E-state index in [2.05, 4.69) is 55.8 Å². The minimum atomic E-state index is 0.0783. The van der Waals surface area contributed by atoms with Crippen molar-refractivity contribution in [2.75, 3.05) is 0 Å². The molecule has 0 saturated heterocycles. The van der Waals surface area contributed by atoms with E-state index >= 15 is 0 Å². The summed E-state index contributed by atoms with van der Waals surface area (Å²) in [5.74, 6) is 0.952. The molecule has 0 spiro atoms. The molecule has 1 aliphatic rings. The number of benzene rings is 1. The fourth-order valence-electron chi connectivity index (χ4n) is 2.25. The van der Waals surface area contributed by atoms with Crippen molar-refractivity contribution in [3.63, 3.8) is 0 Å². The summed E-state index contributed by atoms with van der Waals surface area (Å²) in [6.45, 7) is 8.51. The molecule has 0 amide bonds. The molecule has 0 aliphatic heterocycles. The first kappa shape index (κ1) is 12.9. The van der Waals surface area contributed by atoms with Gasteiger partial charge in [0.05, 0.1) is 0 Å². The van der Waals surface area contributed by atoms with E-state index in [9.17, 15) is 0 Å². The average Bonchev–Trinajstić information content (AvgIpc) is 2.25. The van der Waals surface area contributed by atoms with Crippen LogP contribution in [0.5, 0.6) is 5.75 Å². The summed E-state index contributed by atoms with van der Waals surface area (Å²) >= 11 is 3.57. The molecular weight excluding hydrogens is 278 g/mol. The average molecular weight is 298 g/mol. The topological polar surface area (TPSA) is 35.2 Å². The van der Waals surface area contributed by atoms with E-state index < -0.39 is 0 Å². The third-order valence-electron chi connectivity index (χ3n) is 3.94. The van der Waals surface area contributed by atoms with Crippen LogP contribution in [0.25, 0.3) is 0 Å². The van der Waals surface area contributed by atoms with Gasteiger partial charge in [-0.1, -0.05) is 29.8 Å². The number of hydrogen-bond donors (Lipinski definition) is 1. The molecule has 2 N–H and O–H groups in total. The number of nitrogens with two attached hydrogens (primary N) is 1. The Labute approximate surface area is 112 Å². The Bertz CT molecular complexity index is 419. The predicted molar refractivity (Wildman–Crippen MR) is 74.4 cm³/mol. The molecule has 17 heavy (non-hydrogen) atoms. The van der Waals surface area contributed by atoms with Gasteiger partial charge in [0, 0.05) is 22.4 Å². The minimum absolute atomic E-state index is 0.0783. The van der Waals surface area contributed by atoms with Crippen molar-refractivity contribution in [1.29, 1.82) is 0 Å². The van der Waals surface area contributed by atoms with Crippen LogP contribution in [0.4, 0.5) is 0 Å². The molecule has 3 heteroatoms. The van der Waals surface area contributed by atoms with Crippen molar-refractivity contribution in [3.8, 4) is 5.75 Å². The van der Waals surface area contributed by atoms with Gasteiger partial charge in [0.15, 0.2) is 0 Å². The third kappa shape index (κ3) is 2.23. The van der Waals surface area contributed by atoms with Crippen LogP contribution in [-0.2, 0) is 0 Å². The second-order valence-electron chi connectivity index (χ2n) is 5.64. The monoisotopic (exact) mass is 297 g/mol. The highest BCUT2D eigenvalue weighted by molar-refractivity contribution is 9.10. The van der Waals surface area contributed by atoms with E-state index in [1.165, 1.54) is 11.1 Å². The van der Waals surface area contributed by atoms with E-state index in [1.807, 2.05) is 0 Å². The Kier molecular flexibility index (Phi) is 3.25. The first-order valence-electron chi connectivity index (χ1n) is 6.01. The van der Waals surface area contributed by atoms with Crippen LogP contribution in [-0.4, -0.2) is 12.1 Å². The lowest BCUT2D eigenvalue weighted by atomic mass is 9.65. The SMILES string of the molecule is Cc1cc(OC2CC(N)C2(C)C)cc(C)c1Br. The van der Waals surface area contributed by atoms with Crippen LogP contribution in [0.1, 0.15) is 31.4 Å². The number of rotatable bonds is 2. The molecule has 1 aliphatic carbocycles. The molecule has 0 heterocycles. The smallest absolute Gasteiger partial charge is 0.120 e. The highest BCUT2D eigenvalue weighted by Gasteiger charge is 2.47. The molecule has 2 atom stereocenters. The Morgan fingerprint density at radius 1 is 1.29 bits per heavy atom. The van der Waals surface area contributed by atoms with Crippen molar-refractivity contribution in [3.05, 3.63) is 27.7 Å². The minimum Gasteiger partial charge on any atom is -0.490 e. The molecule has 2 rings (SSSR count). The van der Waals surface area contributed by atoms with E-state index in [-0.39, 0.29) is 17.6 Å². The predicted octanol–water partition coefficient (Wildman–Crippen LogP) is 3.57. The zero-order valence-corrected chi connectivity index (χ0v) is 12.5. The van der Waals surface area contributed by atoms with Crippen molar-refractivity contribution < 1.29 is 4.74 Å². The zero-order chi connectivity index (χ0) is 12.8. The molecule has 1 fully saturated rings. The van der Waals surface area contributed by atoms with Gasteiger partial charge in [0.2, 0.25) is 0 Å².